The van der Waals surface area contributed by atoms with E-state index in [4.69, 9.17) is 4.74 Å². The molecule has 1 atom stereocenters. The fraction of sp³-hybridized carbons (Fsp3) is 0.400. The zero-order valence-corrected chi connectivity index (χ0v) is 16.2. The highest BCUT2D eigenvalue weighted by Gasteiger charge is 2.15. The van der Waals surface area contributed by atoms with Gasteiger partial charge in [0.25, 0.3) is 0 Å². The Bertz CT molecular complexity index is 935. The van der Waals surface area contributed by atoms with Gasteiger partial charge in [-0.15, -0.1) is 10.2 Å². The molecule has 3 rings (SSSR count). The second kappa shape index (κ2) is 7.73. The number of ether oxygens (including phenoxy) is 1. The third-order valence-corrected chi connectivity index (χ3v) is 4.08. The molecule has 1 unspecified atom stereocenters. The van der Waals surface area contributed by atoms with Crippen LogP contribution in [0.2, 0.25) is 0 Å². The summed E-state index contributed by atoms with van der Waals surface area (Å²) in [5.41, 5.74) is 1.65. The number of hydrogen-bond donors (Lipinski definition) is 0. The van der Waals surface area contributed by atoms with Crippen molar-refractivity contribution in [3.63, 3.8) is 0 Å². The number of aromatic nitrogens is 4. The minimum atomic E-state index is -0.542. The number of carbonyl (C=O) groups excluding carboxylic acids is 1. The van der Waals surface area contributed by atoms with E-state index >= 15 is 0 Å². The van der Waals surface area contributed by atoms with E-state index in [1.807, 2.05) is 31.4 Å². The molecule has 7 nitrogen and oxygen atoms in total. The van der Waals surface area contributed by atoms with Crippen molar-refractivity contribution in [2.24, 2.45) is 10.9 Å². The van der Waals surface area contributed by atoms with Crippen molar-refractivity contribution < 1.29 is 9.53 Å². The van der Waals surface area contributed by atoms with Crippen LogP contribution in [0.3, 0.4) is 0 Å². The summed E-state index contributed by atoms with van der Waals surface area (Å²) >= 11 is 0. The summed E-state index contributed by atoms with van der Waals surface area (Å²) < 4.78 is 9.28. The molecular formula is C20H25N5O2. The van der Waals surface area contributed by atoms with E-state index < -0.39 is 11.7 Å². The quantitative estimate of drug-likeness (QED) is 0.632. The molecule has 1 aromatic carbocycles. The fourth-order valence-corrected chi connectivity index (χ4v) is 2.83. The molecule has 0 bridgehead atoms. The van der Waals surface area contributed by atoms with E-state index in [9.17, 15) is 4.79 Å². The van der Waals surface area contributed by atoms with E-state index in [0.29, 0.717) is 12.3 Å². The van der Waals surface area contributed by atoms with Gasteiger partial charge in [0.15, 0.2) is 0 Å². The number of amides is 1. The molecule has 2 heterocycles. The molecule has 142 valence electrons. The van der Waals surface area contributed by atoms with Crippen molar-refractivity contribution in [1.29, 1.82) is 0 Å². The third-order valence-electron chi connectivity index (χ3n) is 4.08. The SMILES string of the molecule is CC(CC=NC(=O)OC(C)(C)C)Cn1ccc2ccc(-n3cnnc3)cc21. The fourth-order valence-electron chi connectivity index (χ4n) is 2.83. The lowest BCUT2D eigenvalue weighted by atomic mass is 10.1. The Kier molecular flexibility index (Phi) is 5.39. The molecule has 1 amide bonds. The first-order valence-corrected chi connectivity index (χ1v) is 9.01. The van der Waals surface area contributed by atoms with Gasteiger partial charge >= 0.3 is 6.09 Å². The maximum absolute atomic E-state index is 11.6. The first kappa shape index (κ1) is 18.8. The third kappa shape index (κ3) is 5.03. The minimum absolute atomic E-state index is 0.324. The van der Waals surface area contributed by atoms with Crippen LogP contribution in [0, 0.1) is 5.92 Å². The van der Waals surface area contributed by atoms with Crippen LogP contribution in [0.4, 0.5) is 4.79 Å². The number of fused-ring (bicyclic) bond motifs is 1. The lowest BCUT2D eigenvalue weighted by Gasteiger charge is -2.17. The van der Waals surface area contributed by atoms with Crippen LogP contribution in [-0.4, -0.2) is 37.2 Å². The lowest BCUT2D eigenvalue weighted by Crippen LogP contribution is -2.22. The smallest absolute Gasteiger partial charge is 0.433 e. The van der Waals surface area contributed by atoms with E-state index in [1.165, 1.54) is 5.39 Å². The summed E-state index contributed by atoms with van der Waals surface area (Å²) in [4.78, 5) is 15.5. The molecule has 0 N–H and O–H groups in total. The number of benzene rings is 1. The topological polar surface area (TPSA) is 74.3 Å². The molecule has 0 aliphatic heterocycles. The molecule has 0 spiro atoms. The standard InChI is InChI=1S/C20H25N5O2/c1-15(7-9-21-19(26)27-20(2,3)4)12-24-10-8-16-5-6-17(11-18(16)24)25-13-22-23-14-25/h5-6,8-11,13-15H,7,12H2,1-4H3. The number of carbonyl (C=O) groups is 1. The number of hydrogen-bond acceptors (Lipinski definition) is 4. The van der Waals surface area contributed by atoms with Crippen LogP contribution in [0.5, 0.6) is 0 Å². The molecule has 27 heavy (non-hydrogen) atoms. The number of aliphatic imine (C=N–C) groups is 1. The van der Waals surface area contributed by atoms with Crippen LogP contribution in [-0.2, 0) is 11.3 Å². The van der Waals surface area contributed by atoms with Crippen molar-refractivity contribution >= 4 is 23.2 Å². The van der Waals surface area contributed by atoms with Crippen LogP contribution in [0.25, 0.3) is 16.6 Å². The molecule has 0 radical (unpaired) electrons. The van der Waals surface area contributed by atoms with Gasteiger partial charge in [-0.3, -0.25) is 4.57 Å². The van der Waals surface area contributed by atoms with Gasteiger partial charge in [0.05, 0.1) is 11.2 Å². The van der Waals surface area contributed by atoms with Gasteiger partial charge < -0.3 is 9.30 Å². The Morgan fingerprint density at radius 2 is 2.00 bits per heavy atom. The van der Waals surface area contributed by atoms with E-state index in [1.54, 1.807) is 18.9 Å². The second-order valence-corrected chi connectivity index (χ2v) is 7.71. The molecule has 0 fully saturated rings. The molecule has 2 aromatic heterocycles. The summed E-state index contributed by atoms with van der Waals surface area (Å²) in [6.45, 7) is 8.45. The summed E-state index contributed by atoms with van der Waals surface area (Å²) in [5, 5.41) is 8.90. The van der Waals surface area contributed by atoms with Crippen molar-refractivity contribution in [3.8, 4) is 5.69 Å². The van der Waals surface area contributed by atoms with Crippen LogP contribution in [0.15, 0.2) is 48.1 Å². The maximum Gasteiger partial charge on any atom is 0.433 e. The van der Waals surface area contributed by atoms with Crippen molar-refractivity contribution in [3.05, 3.63) is 43.1 Å². The summed E-state index contributed by atoms with van der Waals surface area (Å²) in [6.07, 6.45) is 7.26. The Labute approximate surface area is 158 Å². The largest absolute Gasteiger partial charge is 0.442 e. The first-order chi connectivity index (χ1) is 12.8. The van der Waals surface area contributed by atoms with E-state index in [2.05, 4.69) is 51.1 Å². The highest BCUT2D eigenvalue weighted by molar-refractivity contribution is 5.82. The number of rotatable bonds is 5. The van der Waals surface area contributed by atoms with Gasteiger partial charge in [-0.2, -0.15) is 4.99 Å². The summed E-state index contributed by atoms with van der Waals surface area (Å²) in [7, 11) is 0. The molecule has 7 heteroatoms. The van der Waals surface area contributed by atoms with Crippen molar-refractivity contribution in [1.82, 2.24) is 19.3 Å². The molecule has 0 saturated heterocycles. The number of nitrogens with zero attached hydrogens (tertiary/aromatic N) is 5. The average molecular weight is 367 g/mol. The van der Waals surface area contributed by atoms with Gasteiger partial charge in [-0.25, -0.2) is 4.79 Å². The lowest BCUT2D eigenvalue weighted by molar-refractivity contribution is 0.0605. The Hall–Kier alpha value is -2.96. The molecule has 0 aliphatic carbocycles. The predicted molar refractivity (Wildman–Crippen MR) is 105 cm³/mol. The predicted octanol–water partition coefficient (Wildman–Crippen LogP) is 4.25. The zero-order chi connectivity index (χ0) is 19.4. The van der Waals surface area contributed by atoms with E-state index in [-0.39, 0.29) is 0 Å². The van der Waals surface area contributed by atoms with E-state index in [0.717, 1.165) is 17.7 Å². The van der Waals surface area contributed by atoms with Gasteiger partial charge in [-0.05, 0) is 56.7 Å². The summed E-state index contributed by atoms with van der Waals surface area (Å²) in [5.74, 6) is 0.324. The Balaban J connectivity index is 1.65. The average Bonchev–Trinajstić information content (AvgIpc) is 3.23. The van der Waals surface area contributed by atoms with Crippen molar-refractivity contribution in [2.45, 2.75) is 46.3 Å². The molecule has 0 aliphatic rings. The normalized spacial score (nSPS) is 13.3. The van der Waals surface area contributed by atoms with Gasteiger partial charge in [0, 0.05) is 19.0 Å². The van der Waals surface area contributed by atoms with Crippen LogP contribution in [0.1, 0.15) is 34.1 Å². The zero-order valence-electron chi connectivity index (χ0n) is 16.2. The van der Waals surface area contributed by atoms with Gasteiger partial charge in [0.2, 0.25) is 0 Å². The minimum Gasteiger partial charge on any atom is -0.442 e. The second-order valence-electron chi connectivity index (χ2n) is 7.71. The monoisotopic (exact) mass is 367 g/mol. The molecular weight excluding hydrogens is 342 g/mol. The molecule has 0 saturated carbocycles. The van der Waals surface area contributed by atoms with Crippen LogP contribution >= 0.6 is 0 Å². The van der Waals surface area contributed by atoms with Crippen LogP contribution < -0.4 is 0 Å². The highest BCUT2D eigenvalue weighted by Crippen LogP contribution is 2.21. The van der Waals surface area contributed by atoms with Crippen molar-refractivity contribution in [2.75, 3.05) is 0 Å². The Morgan fingerprint density at radius 1 is 1.26 bits per heavy atom. The Morgan fingerprint density at radius 3 is 2.70 bits per heavy atom. The highest BCUT2D eigenvalue weighted by atomic mass is 16.6. The summed E-state index contributed by atoms with van der Waals surface area (Å²) in [6, 6.07) is 8.37. The van der Waals surface area contributed by atoms with Gasteiger partial charge in [0.1, 0.15) is 18.3 Å². The van der Waals surface area contributed by atoms with Gasteiger partial charge in [-0.1, -0.05) is 13.0 Å². The molecule has 3 aromatic rings. The first-order valence-electron chi connectivity index (χ1n) is 9.01. The maximum atomic E-state index is 11.6.